The molecule has 3 rings (SSSR count). The van der Waals surface area contributed by atoms with Crippen LogP contribution in [0.2, 0.25) is 0 Å². The first-order valence-corrected chi connectivity index (χ1v) is 9.95. The summed E-state index contributed by atoms with van der Waals surface area (Å²) in [5, 5.41) is 14.3. The Bertz CT molecular complexity index is 499. The van der Waals surface area contributed by atoms with E-state index in [-0.39, 0.29) is 16.7 Å². The molecule has 25 heavy (non-hydrogen) atoms. The minimum absolute atomic E-state index is 0.127. The number of morpholine rings is 1. The van der Waals surface area contributed by atoms with Gasteiger partial charge in [-0.3, -0.25) is 4.79 Å². The zero-order chi connectivity index (χ0) is 18.3. The molecule has 0 bridgehead atoms. The fraction of sp³-hybridized carbons (Fsp3) is 0.950. The van der Waals surface area contributed by atoms with Gasteiger partial charge in [0.1, 0.15) is 0 Å². The van der Waals surface area contributed by atoms with Gasteiger partial charge in [0.2, 0.25) is 5.91 Å². The molecule has 4 atom stereocenters. The third kappa shape index (κ3) is 3.60. The molecule has 2 saturated carbocycles. The van der Waals surface area contributed by atoms with Gasteiger partial charge in [-0.1, -0.05) is 13.8 Å². The van der Waals surface area contributed by atoms with Gasteiger partial charge in [-0.15, -0.1) is 0 Å². The minimum Gasteiger partial charge on any atom is -0.390 e. The number of hydrogen-bond acceptors (Lipinski definition) is 4. The topological polar surface area (TPSA) is 61.8 Å². The van der Waals surface area contributed by atoms with Gasteiger partial charge in [-0.05, 0) is 62.8 Å². The highest BCUT2D eigenvalue weighted by atomic mass is 16.5. The largest absolute Gasteiger partial charge is 0.390 e. The Labute approximate surface area is 152 Å². The molecular formula is C20H36N2O3. The van der Waals surface area contributed by atoms with Gasteiger partial charge in [-0.25, -0.2) is 0 Å². The van der Waals surface area contributed by atoms with Crippen LogP contribution in [0.4, 0.5) is 0 Å². The fourth-order valence-corrected chi connectivity index (χ4v) is 5.94. The maximum atomic E-state index is 12.7. The molecule has 0 spiro atoms. The lowest BCUT2D eigenvalue weighted by atomic mass is 9.57. The van der Waals surface area contributed by atoms with Crippen molar-refractivity contribution >= 4 is 5.91 Å². The maximum absolute atomic E-state index is 12.7. The smallest absolute Gasteiger partial charge is 0.222 e. The van der Waals surface area contributed by atoms with E-state index in [0.29, 0.717) is 31.6 Å². The number of rotatable bonds is 4. The zero-order valence-electron chi connectivity index (χ0n) is 16.4. The van der Waals surface area contributed by atoms with Crippen LogP contribution in [0.25, 0.3) is 0 Å². The summed E-state index contributed by atoms with van der Waals surface area (Å²) in [4.78, 5) is 14.7. The highest BCUT2D eigenvalue weighted by Crippen LogP contribution is 2.63. The van der Waals surface area contributed by atoms with Crippen LogP contribution in [0.5, 0.6) is 0 Å². The zero-order valence-corrected chi connectivity index (χ0v) is 16.4. The van der Waals surface area contributed by atoms with E-state index < -0.39 is 5.60 Å². The van der Waals surface area contributed by atoms with Gasteiger partial charge in [-0.2, -0.15) is 0 Å². The van der Waals surface area contributed by atoms with Gasteiger partial charge in [0, 0.05) is 25.6 Å². The molecule has 1 saturated heterocycles. The lowest BCUT2D eigenvalue weighted by Gasteiger charge is -2.51. The first kappa shape index (κ1) is 19.1. The van der Waals surface area contributed by atoms with Crippen LogP contribution in [0, 0.1) is 16.7 Å². The Morgan fingerprint density at radius 2 is 1.88 bits per heavy atom. The molecule has 3 aliphatic rings. The predicted octanol–water partition coefficient (Wildman–Crippen LogP) is 2.18. The Kier molecular flexibility index (Phi) is 5.22. The SMILES string of the molecule is CN[C@H]1CC(C)(C)[C@@H]2C[C@@](C)(O)CC[C@]12CCC(=O)N1CCOCC1. The van der Waals surface area contributed by atoms with Gasteiger partial charge >= 0.3 is 0 Å². The molecule has 2 aliphatic carbocycles. The second-order valence-electron chi connectivity index (χ2n) is 9.51. The molecule has 0 radical (unpaired) electrons. The number of amides is 1. The molecule has 1 heterocycles. The monoisotopic (exact) mass is 352 g/mol. The molecule has 3 fully saturated rings. The van der Waals surface area contributed by atoms with Crippen molar-refractivity contribution in [3.05, 3.63) is 0 Å². The van der Waals surface area contributed by atoms with Gasteiger partial charge < -0.3 is 20.1 Å². The summed E-state index contributed by atoms with van der Waals surface area (Å²) in [5.41, 5.74) is -0.245. The summed E-state index contributed by atoms with van der Waals surface area (Å²) in [6.07, 6.45) is 5.37. The predicted molar refractivity (Wildman–Crippen MR) is 98.3 cm³/mol. The van der Waals surface area contributed by atoms with E-state index in [0.717, 1.165) is 45.2 Å². The van der Waals surface area contributed by atoms with Crippen LogP contribution in [-0.4, -0.2) is 60.9 Å². The van der Waals surface area contributed by atoms with Crippen molar-refractivity contribution in [2.45, 2.75) is 70.9 Å². The molecule has 1 amide bonds. The average molecular weight is 353 g/mol. The standard InChI is InChI=1S/C20H36N2O3/c1-18(2)14-16(21-4)20(8-7-19(3,24)13-15(18)20)6-5-17(23)22-9-11-25-12-10-22/h15-16,21,24H,5-14H2,1-4H3/t15-,16-,19-,20-/m0/s1. The molecular weight excluding hydrogens is 316 g/mol. The molecule has 5 heteroatoms. The number of carbonyl (C=O) groups excluding carboxylic acids is 1. The first-order valence-electron chi connectivity index (χ1n) is 9.95. The summed E-state index contributed by atoms with van der Waals surface area (Å²) >= 11 is 0. The minimum atomic E-state index is -0.567. The Hall–Kier alpha value is -0.650. The number of fused-ring (bicyclic) bond motifs is 1. The third-order valence-electron chi connectivity index (χ3n) is 7.35. The lowest BCUT2D eigenvalue weighted by Crippen LogP contribution is -2.51. The van der Waals surface area contributed by atoms with E-state index >= 15 is 0 Å². The van der Waals surface area contributed by atoms with E-state index in [2.05, 4.69) is 26.2 Å². The fourth-order valence-electron chi connectivity index (χ4n) is 5.94. The number of ether oxygens (including phenoxy) is 1. The van der Waals surface area contributed by atoms with E-state index in [1.54, 1.807) is 0 Å². The second-order valence-corrected chi connectivity index (χ2v) is 9.51. The number of aliphatic hydroxyl groups is 1. The number of carbonyl (C=O) groups is 1. The van der Waals surface area contributed by atoms with E-state index in [9.17, 15) is 9.90 Å². The summed E-state index contributed by atoms with van der Waals surface area (Å²) in [6, 6.07) is 0.432. The summed E-state index contributed by atoms with van der Waals surface area (Å²) in [7, 11) is 2.06. The molecule has 1 aliphatic heterocycles. The molecule has 0 aromatic rings. The lowest BCUT2D eigenvalue weighted by molar-refractivity contribution is -0.137. The second kappa shape index (κ2) is 6.82. The van der Waals surface area contributed by atoms with Crippen molar-refractivity contribution in [3.63, 3.8) is 0 Å². The summed E-state index contributed by atoms with van der Waals surface area (Å²) in [6.45, 7) is 9.45. The number of hydrogen-bond donors (Lipinski definition) is 2. The van der Waals surface area contributed by atoms with Crippen molar-refractivity contribution < 1.29 is 14.6 Å². The molecule has 5 nitrogen and oxygen atoms in total. The average Bonchev–Trinajstić information content (AvgIpc) is 2.80. The number of nitrogens with one attached hydrogen (secondary N) is 1. The van der Waals surface area contributed by atoms with Crippen molar-refractivity contribution in [2.75, 3.05) is 33.4 Å². The molecule has 0 unspecified atom stereocenters. The maximum Gasteiger partial charge on any atom is 0.222 e. The first-order chi connectivity index (χ1) is 11.7. The van der Waals surface area contributed by atoms with Crippen molar-refractivity contribution in [1.82, 2.24) is 10.2 Å². The van der Waals surface area contributed by atoms with Crippen molar-refractivity contribution in [1.29, 1.82) is 0 Å². The Morgan fingerprint density at radius 3 is 2.52 bits per heavy atom. The molecule has 0 aromatic heterocycles. The van der Waals surface area contributed by atoms with E-state index in [1.807, 2.05) is 11.8 Å². The van der Waals surface area contributed by atoms with Gasteiger partial charge in [0.25, 0.3) is 0 Å². The van der Waals surface area contributed by atoms with Crippen LogP contribution in [0.15, 0.2) is 0 Å². The van der Waals surface area contributed by atoms with Gasteiger partial charge in [0.05, 0.1) is 18.8 Å². The Balaban J connectivity index is 1.76. The summed E-state index contributed by atoms with van der Waals surface area (Å²) < 4.78 is 5.37. The Morgan fingerprint density at radius 1 is 1.20 bits per heavy atom. The van der Waals surface area contributed by atoms with Crippen molar-refractivity contribution in [2.24, 2.45) is 16.7 Å². The quantitative estimate of drug-likeness (QED) is 0.814. The van der Waals surface area contributed by atoms with Crippen LogP contribution in [0.3, 0.4) is 0 Å². The third-order valence-corrected chi connectivity index (χ3v) is 7.35. The van der Waals surface area contributed by atoms with Crippen LogP contribution in [0.1, 0.15) is 59.3 Å². The molecule has 144 valence electrons. The van der Waals surface area contributed by atoms with Gasteiger partial charge in [0.15, 0.2) is 0 Å². The molecule has 2 N–H and O–H groups in total. The highest BCUT2D eigenvalue weighted by molar-refractivity contribution is 5.76. The normalized spacial score (nSPS) is 40.8. The van der Waals surface area contributed by atoms with Crippen LogP contribution in [-0.2, 0) is 9.53 Å². The van der Waals surface area contributed by atoms with E-state index in [1.165, 1.54) is 0 Å². The highest BCUT2D eigenvalue weighted by Gasteiger charge is 2.60. The molecule has 0 aromatic carbocycles. The van der Waals surface area contributed by atoms with Crippen molar-refractivity contribution in [3.8, 4) is 0 Å². The number of nitrogens with zero attached hydrogens (tertiary/aromatic N) is 1. The summed E-state index contributed by atoms with van der Waals surface area (Å²) in [5.74, 6) is 0.729. The van der Waals surface area contributed by atoms with E-state index in [4.69, 9.17) is 4.74 Å². The van der Waals surface area contributed by atoms with Crippen LogP contribution < -0.4 is 5.32 Å². The van der Waals surface area contributed by atoms with Crippen LogP contribution >= 0.6 is 0 Å².